The Morgan fingerprint density at radius 1 is 1.25 bits per heavy atom. The van der Waals surface area contributed by atoms with Crippen LogP contribution in [0.5, 0.6) is 0 Å². The summed E-state index contributed by atoms with van der Waals surface area (Å²) in [6, 6.07) is 9.10. The first-order valence-corrected chi connectivity index (χ1v) is 6.44. The fourth-order valence-electron chi connectivity index (χ4n) is 2.23. The lowest BCUT2D eigenvalue weighted by atomic mass is 10.1. The number of nitrogens with one attached hydrogen (secondary N) is 1. The van der Waals surface area contributed by atoms with Gasteiger partial charge >= 0.3 is 5.97 Å². The highest BCUT2D eigenvalue weighted by molar-refractivity contribution is 6.07. The Morgan fingerprint density at radius 3 is 2.65 bits per heavy atom. The molecule has 1 heterocycles. The van der Waals surface area contributed by atoms with Crippen molar-refractivity contribution >= 4 is 22.8 Å². The maximum atomic E-state index is 12.3. The number of carbonyl (C=O) groups excluding carboxylic acids is 1. The summed E-state index contributed by atoms with van der Waals surface area (Å²) in [6.07, 6.45) is 0.955. The Labute approximate surface area is 115 Å². The van der Waals surface area contributed by atoms with Crippen LogP contribution in [0.1, 0.15) is 28.9 Å². The van der Waals surface area contributed by atoms with Gasteiger partial charge < -0.3 is 10.4 Å². The van der Waals surface area contributed by atoms with Crippen molar-refractivity contribution in [1.82, 2.24) is 10.3 Å². The normalized spacial score (nSPS) is 15.8. The highest BCUT2D eigenvalue weighted by Crippen LogP contribution is 2.36. The van der Waals surface area contributed by atoms with Crippen LogP contribution < -0.4 is 5.32 Å². The Bertz CT molecular complexity index is 720. The van der Waals surface area contributed by atoms with Crippen molar-refractivity contribution in [2.45, 2.75) is 25.3 Å². The number of carbonyl (C=O) groups is 2. The average Bonchev–Trinajstić information content (AvgIpc) is 3.18. The summed E-state index contributed by atoms with van der Waals surface area (Å²) in [5, 5.41) is 12.6. The zero-order valence-electron chi connectivity index (χ0n) is 11.0. The predicted molar refractivity (Wildman–Crippen MR) is 73.5 cm³/mol. The second-order valence-electron chi connectivity index (χ2n) is 5.17. The van der Waals surface area contributed by atoms with Crippen molar-refractivity contribution in [3.05, 3.63) is 41.6 Å². The maximum Gasteiger partial charge on any atom is 0.329 e. The minimum atomic E-state index is -1.08. The maximum absolute atomic E-state index is 12.3. The van der Waals surface area contributed by atoms with E-state index in [1.54, 1.807) is 12.1 Å². The van der Waals surface area contributed by atoms with Gasteiger partial charge in [0.25, 0.3) is 5.91 Å². The van der Waals surface area contributed by atoms with Crippen molar-refractivity contribution in [2.24, 2.45) is 0 Å². The van der Waals surface area contributed by atoms with Gasteiger partial charge in [-0.3, -0.25) is 9.78 Å². The number of aryl methyl sites for hydroxylation is 1. The van der Waals surface area contributed by atoms with Crippen molar-refractivity contribution in [1.29, 1.82) is 0 Å². The fourth-order valence-corrected chi connectivity index (χ4v) is 2.23. The minimum absolute atomic E-state index is 0.381. The molecule has 0 saturated heterocycles. The smallest absolute Gasteiger partial charge is 0.329 e. The summed E-state index contributed by atoms with van der Waals surface area (Å²) in [5.41, 5.74) is 0.755. The molecule has 1 fully saturated rings. The molecule has 1 aliphatic carbocycles. The van der Waals surface area contributed by atoms with E-state index in [2.05, 4.69) is 10.3 Å². The fraction of sp³-hybridized carbons (Fsp3) is 0.267. The number of pyridine rings is 1. The third kappa shape index (κ3) is 2.01. The Morgan fingerprint density at radius 2 is 2.00 bits per heavy atom. The van der Waals surface area contributed by atoms with Crippen LogP contribution in [0.4, 0.5) is 0 Å². The number of hydrogen-bond acceptors (Lipinski definition) is 3. The first-order chi connectivity index (χ1) is 9.52. The lowest BCUT2D eigenvalue weighted by molar-refractivity contribution is -0.140. The molecule has 1 aromatic heterocycles. The lowest BCUT2D eigenvalue weighted by Crippen LogP contribution is -2.43. The van der Waals surface area contributed by atoms with E-state index in [4.69, 9.17) is 5.11 Å². The number of benzene rings is 1. The van der Waals surface area contributed by atoms with Crippen LogP contribution in [-0.4, -0.2) is 27.5 Å². The van der Waals surface area contributed by atoms with Crippen LogP contribution in [0.15, 0.2) is 30.3 Å². The van der Waals surface area contributed by atoms with Crippen molar-refractivity contribution < 1.29 is 14.7 Å². The number of carboxylic acids is 1. The van der Waals surface area contributed by atoms with Gasteiger partial charge in [0.1, 0.15) is 5.54 Å². The highest BCUT2D eigenvalue weighted by Gasteiger charge is 2.51. The molecule has 20 heavy (non-hydrogen) atoms. The summed E-state index contributed by atoms with van der Waals surface area (Å²) in [6.45, 7) is 1.85. The summed E-state index contributed by atoms with van der Waals surface area (Å²) in [7, 11) is 0. The minimum Gasteiger partial charge on any atom is -0.480 e. The molecule has 2 aromatic rings. The van der Waals surface area contributed by atoms with Crippen LogP contribution >= 0.6 is 0 Å². The van der Waals surface area contributed by atoms with Crippen LogP contribution in [0.25, 0.3) is 10.9 Å². The number of rotatable bonds is 3. The predicted octanol–water partition coefficient (Wildman–Crippen LogP) is 1.89. The Hall–Kier alpha value is -2.43. The molecule has 1 amide bonds. The zero-order valence-corrected chi connectivity index (χ0v) is 11.0. The van der Waals surface area contributed by atoms with E-state index in [0.717, 1.165) is 11.1 Å². The number of carboxylic acid groups (broad SMARTS) is 1. The third-order valence-corrected chi connectivity index (χ3v) is 3.62. The largest absolute Gasteiger partial charge is 0.480 e. The zero-order chi connectivity index (χ0) is 14.3. The molecule has 102 valence electrons. The van der Waals surface area contributed by atoms with Gasteiger partial charge in [0.15, 0.2) is 0 Å². The standard InChI is InChI=1S/C15H14N2O3/c1-9-5-6-10-3-2-4-11(12(10)16-9)13(18)17-15(7-8-15)14(19)20/h2-6H,7-8H2,1H3,(H,17,18)(H,19,20). The van der Waals surface area contributed by atoms with E-state index in [-0.39, 0.29) is 5.91 Å². The van der Waals surface area contributed by atoms with E-state index < -0.39 is 11.5 Å². The lowest BCUT2D eigenvalue weighted by Gasteiger charge is -2.13. The van der Waals surface area contributed by atoms with Gasteiger partial charge in [0.05, 0.1) is 11.1 Å². The van der Waals surface area contributed by atoms with E-state index in [1.807, 2.05) is 25.1 Å². The second-order valence-corrected chi connectivity index (χ2v) is 5.17. The monoisotopic (exact) mass is 270 g/mol. The molecule has 1 saturated carbocycles. The van der Waals surface area contributed by atoms with Gasteiger partial charge in [-0.25, -0.2) is 4.79 Å². The Kier molecular flexibility index (Phi) is 2.71. The first kappa shape index (κ1) is 12.6. The average molecular weight is 270 g/mol. The molecule has 0 aliphatic heterocycles. The third-order valence-electron chi connectivity index (χ3n) is 3.62. The summed E-state index contributed by atoms with van der Waals surface area (Å²) in [4.78, 5) is 27.8. The molecule has 0 bridgehead atoms. The molecule has 5 nitrogen and oxygen atoms in total. The molecule has 0 spiro atoms. The molecule has 2 N–H and O–H groups in total. The number of aliphatic carboxylic acids is 1. The van der Waals surface area contributed by atoms with Crippen LogP contribution in [0.2, 0.25) is 0 Å². The Balaban J connectivity index is 2.00. The SMILES string of the molecule is Cc1ccc2cccc(C(=O)NC3(C(=O)O)CC3)c2n1. The van der Waals surface area contributed by atoms with Gasteiger partial charge in [-0.05, 0) is 31.9 Å². The van der Waals surface area contributed by atoms with E-state index >= 15 is 0 Å². The van der Waals surface area contributed by atoms with Gasteiger partial charge in [0.2, 0.25) is 0 Å². The number of nitrogens with zero attached hydrogens (tertiary/aromatic N) is 1. The van der Waals surface area contributed by atoms with Crippen molar-refractivity contribution in [3.63, 3.8) is 0 Å². The number of aromatic nitrogens is 1. The molecular formula is C15H14N2O3. The van der Waals surface area contributed by atoms with E-state index in [1.165, 1.54) is 0 Å². The van der Waals surface area contributed by atoms with Crippen LogP contribution in [0, 0.1) is 6.92 Å². The molecule has 0 atom stereocenters. The molecule has 1 aliphatic rings. The quantitative estimate of drug-likeness (QED) is 0.892. The molecule has 0 unspecified atom stereocenters. The van der Waals surface area contributed by atoms with Crippen molar-refractivity contribution in [2.75, 3.05) is 0 Å². The summed E-state index contributed by atoms with van der Waals surface area (Å²) >= 11 is 0. The molecule has 5 heteroatoms. The molecular weight excluding hydrogens is 256 g/mol. The number of fused-ring (bicyclic) bond motifs is 1. The first-order valence-electron chi connectivity index (χ1n) is 6.44. The van der Waals surface area contributed by atoms with E-state index in [0.29, 0.717) is 23.9 Å². The number of hydrogen-bond donors (Lipinski definition) is 2. The van der Waals surface area contributed by atoms with Gasteiger partial charge in [-0.15, -0.1) is 0 Å². The number of amides is 1. The number of para-hydroxylation sites is 1. The summed E-state index contributed by atoms with van der Waals surface area (Å²) < 4.78 is 0. The second kappa shape index (κ2) is 4.30. The molecule has 0 radical (unpaired) electrons. The summed E-state index contributed by atoms with van der Waals surface area (Å²) in [5.74, 6) is -1.36. The molecule has 3 rings (SSSR count). The molecule has 1 aromatic carbocycles. The van der Waals surface area contributed by atoms with Gasteiger partial charge in [-0.1, -0.05) is 18.2 Å². The highest BCUT2D eigenvalue weighted by atomic mass is 16.4. The topological polar surface area (TPSA) is 79.3 Å². The van der Waals surface area contributed by atoms with E-state index in [9.17, 15) is 9.59 Å². The van der Waals surface area contributed by atoms with Crippen LogP contribution in [-0.2, 0) is 4.79 Å². The van der Waals surface area contributed by atoms with Gasteiger partial charge in [0, 0.05) is 11.1 Å². The van der Waals surface area contributed by atoms with Crippen molar-refractivity contribution in [3.8, 4) is 0 Å². The van der Waals surface area contributed by atoms with Crippen LogP contribution in [0.3, 0.4) is 0 Å². The van der Waals surface area contributed by atoms with Gasteiger partial charge in [-0.2, -0.15) is 0 Å².